The second-order valence-corrected chi connectivity index (χ2v) is 4.82. The van der Waals surface area contributed by atoms with E-state index in [9.17, 15) is 13.2 Å². The summed E-state index contributed by atoms with van der Waals surface area (Å²) < 4.78 is 21.2. The number of nitrogens with zero attached hydrogens (tertiary/aromatic N) is 1. The maximum absolute atomic E-state index is 10.7. The molecule has 0 aliphatic heterocycles. The van der Waals surface area contributed by atoms with Crippen molar-refractivity contribution in [2.75, 3.05) is 17.6 Å². The molecule has 1 aromatic rings. The Morgan fingerprint density at radius 3 is 2.56 bits per heavy atom. The summed E-state index contributed by atoms with van der Waals surface area (Å²) in [5, 5.41) is 7.56. The highest BCUT2D eigenvalue weighted by Crippen LogP contribution is 2.03. The highest BCUT2D eigenvalue weighted by Gasteiger charge is 2.03. The molecule has 1 heterocycles. The molecule has 0 spiro atoms. The minimum absolute atomic E-state index is 0.155. The van der Waals surface area contributed by atoms with E-state index < -0.39 is 15.9 Å². The van der Waals surface area contributed by atoms with Crippen LogP contribution in [0.25, 0.3) is 0 Å². The number of rotatable bonds is 5. The van der Waals surface area contributed by atoms with Crippen molar-refractivity contribution in [3.8, 4) is 0 Å². The first kappa shape index (κ1) is 12.4. The predicted molar refractivity (Wildman–Crippen MR) is 59.2 cm³/mol. The Balaban J connectivity index is 2.53. The number of nitrogens with one attached hydrogen (secondary N) is 1. The highest BCUT2D eigenvalue weighted by molar-refractivity contribution is 7.89. The van der Waals surface area contributed by atoms with E-state index in [1.54, 1.807) is 0 Å². The van der Waals surface area contributed by atoms with E-state index >= 15 is 0 Å². The zero-order valence-corrected chi connectivity index (χ0v) is 9.20. The average molecular weight is 244 g/mol. The summed E-state index contributed by atoms with van der Waals surface area (Å²) in [6.07, 6.45) is 1.31. The van der Waals surface area contributed by atoms with Crippen LogP contribution < -0.4 is 16.2 Å². The number of pyridine rings is 1. The molecule has 88 valence electrons. The first-order valence-electron chi connectivity index (χ1n) is 4.39. The van der Waals surface area contributed by atoms with Gasteiger partial charge in [0.1, 0.15) is 5.82 Å². The number of hydrogen-bond donors (Lipinski definition) is 3. The first-order chi connectivity index (χ1) is 7.38. The zero-order chi connectivity index (χ0) is 12.2. The summed E-state index contributed by atoms with van der Waals surface area (Å²) in [5.74, 6) is -0.302. The Morgan fingerprint density at radius 1 is 1.44 bits per heavy atom. The van der Waals surface area contributed by atoms with Crippen LogP contribution >= 0.6 is 0 Å². The lowest BCUT2D eigenvalue weighted by Gasteiger charge is -2.04. The normalized spacial score (nSPS) is 11.1. The van der Waals surface area contributed by atoms with E-state index in [2.05, 4.69) is 10.3 Å². The van der Waals surface area contributed by atoms with Crippen LogP contribution in [0.3, 0.4) is 0 Å². The maximum Gasteiger partial charge on any atom is 0.250 e. The predicted octanol–water partition coefficient (Wildman–Crippen LogP) is -1.12. The van der Waals surface area contributed by atoms with Crippen molar-refractivity contribution in [3.63, 3.8) is 0 Å². The number of anilines is 1. The number of aromatic nitrogens is 1. The van der Waals surface area contributed by atoms with Gasteiger partial charge in [0, 0.05) is 12.7 Å². The Hall–Kier alpha value is -1.67. The molecule has 16 heavy (non-hydrogen) atoms. The van der Waals surface area contributed by atoms with Gasteiger partial charge in [0.25, 0.3) is 0 Å². The van der Waals surface area contributed by atoms with Gasteiger partial charge in [-0.15, -0.1) is 0 Å². The van der Waals surface area contributed by atoms with Crippen LogP contribution in [0.15, 0.2) is 18.3 Å². The number of primary sulfonamides is 1. The van der Waals surface area contributed by atoms with Crippen molar-refractivity contribution in [2.24, 2.45) is 10.9 Å². The Kier molecular flexibility index (Phi) is 3.80. The van der Waals surface area contributed by atoms with E-state index in [4.69, 9.17) is 10.9 Å². The largest absolute Gasteiger partial charge is 0.369 e. The standard InChI is InChI=1S/C8H12N4O3S/c9-8(13)6-1-2-7(12-5-6)11-3-4-16(10,14)15/h1-2,5H,3-4H2,(H2,9,13)(H,11,12)(H2,10,14,15). The van der Waals surface area contributed by atoms with Crippen LogP contribution in [0.5, 0.6) is 0 Å². The quantitative estimate of drug-likeness (QED) is 0.604. The molecule has 0 saturated carbocycles. The van der Waals surface area contributed by atoms with Gasteiger partial charge in [-0.3, -0.25) is 4.79 Å². The Bertz CT molecular complexity index is 469. The topological polar surface area (TPSA) is 128 Å². The van der Waals surface area contributed by atoms with Gasteiger partial charge in [-0.25, -0.2) is 18.5 Å². The van der Waals surface area contributed by atoms with Crippen LogP contribution in [0.1, 0.15) is 10.4 Å². The lowest BCUT2D eigenvalue weighted by Crippen LogP contribution is -2.22. The van der Waals surface area contributed by atoms with Crippen molar-refractivity contribution in [1.29, 1.82) is 0 Å². The van der Waals surface area contributed by atoms with Crippen LogP contribution in [-0.2, 0) is 10.0 Å². The number of carbonyl (C=O) groups excluding carboxylic acids is 1. The molecule has 7 nitrogen and oxygen atoms in total. The zero-order valence-electron chi connectivity index (χ0n) is 8.38. The van der Waals surface area contributed by atoms with Crippen LogP contribution in [-0.4, -0.2) is 31.6 Å². The molecule has 0 radical (unpaired) electrons. The fourth-order valence-electron chi connectivity index (χ4n) is 0.966. The molecule has 0 aliphatic rings. The minimum atomic E-state index is -3.48. The van der Waals surface area contributed by atoms with E-state index in [1.165, 1.54) is 18.3 Å². The minimum Gasteiger partial charge on any atom is -0.369 e. The van der Waals surface area contributed by atoms with E-state index in [0.29, 0.717) is 5.82 Å². The van der Waals surface area contributed by atoms with E-state index in [0.717, 1.165) is 0 Å². The van der Waals surface area contributed by atoms with Gasteiger partial charge in [-0.2, -0.15) is 0 Å². The Morgan fingerprint density at radius 2 is 2.12 bits per heavy atom. The summed E-state index contributed by atoms with van der Waals surface area (Å²) in [5.41, 5.74) is 5.31. The van der Waals surface area contributed by atoms with Gasteiger partial charge in [0.15, 0.2) is 0 Å². The smallest absolute Gasteiger partial charge is 0.250 e. The number of nitrogens with two attached hydrogens (primary N) is 2. The average Bonchev–Trinajstić information content (AvgIpc) is 2.16. The fraction of sp³-hybridized carbons (Fsp3) is 0.250. The lowest BCUT2D eigenvalue weighted by molar-refractivity contribution is 0.1000. The highest BCUT2D eigenvalue weighted by atomic mass is 32.2. The fourth-order valence-corrected chi connectivity index (χ4v) is 1.35. The third-order valence-corrected chi connectivity index (χ3v) is 2.51. The number of amides is 1. The van der Waals surface area contributed by atoms with Crippen molar-refractivity contribution in [3.05, 3.63) is 23.9 Å². The summed E-state index contributed by atoms with van der Waals surface area (Å²) in [4.78, 5) is 14.6. The third-order valence-electron chi connectivity index (χ3n) is 1.74. The van der Waals surface area contributed by atoms with Gasteiger partial charge >= 0.3 is 0 Å². The monoisotopic (exact) mass is 244 g/mol. The van der Waals surface area contributed by atoms with E-state index in [1.807, 2.05) is 0 Å². The van der Waals surface area contributed by atoms with Crippen molar-refractivity contribution in [1.82, 2.24) is 4.98 Å². The van der Waals surface area contributed by atoms with Crippen LogP contribution in [0.4, 0.5) is 5.82 Å². The molecule has 0 fully saturated rings. The maximum atomic E-state index is 10.7. The SMILES string of the molecule is NC(=O)c1ccc(NCCS(N)(=O)=O)nc1. The van der Waals surface area contributed by atoms with Gasteiger partial charge in [0.2, 0.25) is 15.9 Å². The van der Waals surface area contributed by atoms with Gasteiger partial charge in [-0.1, -0.05) is 0 Å². The van der Waals surface area contributed by atoms with Gasteiger partial charge < -0.3 is 11.1 Å². The summed E-state index contributed by atoms with van der Waals surface area (Å²) in [6, 6.07) is 3.03. The Labute approximate surface area is 92.9 Å². The van der Waals surface area contributed by atoms with Gasteiger partial charge in [0.05, 0.1) is 11.3 Å². The van der Waals surface area contributed by atoms with Gasteiger partial charge in [-0.05, 0) is 12.1 Å². The molecule has 1 amide bonds. The molecule has 5 N–H and O–H groups in total. The molecule has 0 aliphatic carbocycles. The lowest BCUT2D eigenvalue weighted by atomic mass is 10.3. The number of sulfonamides is 1. The second-order valence-electron chi connectivity index (χ2n) is 3.09. The molecule has 0 aromatic carbocycles. The molecule has 0 atom stereocenters. The molecule has 1 aromatic heterocycles. The summed E-state index contributed by atoms with van der Waals surface area (Å²) in [7, 11) is -3.48. The number of primary amides is 1. The van der Waals surface area contributed by atoms with Crippen molar-refractivity contribution in [2.45, 2.75) is 0 Å². The number of carbonyl (C=O) groups is 1. The molecule has 8 heteroatoms. The molecule has 1 rings (SSSR count). The third kappa shape index (κ3) is 4.24. The second kappa shape index (κ2) is 4.90. The first-order valence-corrected chi connectivity index (χ1v) is 6.10. The molecular formula is C8H12N4O3S. The van der Waals surface area contributed by atoms with E-state index in [-0.39, 0.29) is 17.9 Å². The summed E-state index contributed by atoms with van der Waals surface area (Å²) >= 11 is 0. The van der Waals surface area contributed by atoms with Crippen LogP contribution in [0, 0.1) is 0 Å². The molecule has 0 unspecified atom stereocenters. The number of hydrogen-bond acceptors (Lipinski definition) is 5. The van der Waals surface area contributed by atoms with Crippen LogP contribution in [0.2, 0.25) is 0 Å². The molecular weight excluding hydrogens is 232 g/mol. The van der Waals surface area contributed by atoms with Crippen molar-refractivity contribution >= 4 is 21.7 Å². The van der Waals surface area contributed by atoms with Crippen molar-refractivity contribution < 1.29 is 13.2 Å². The molecule has 0 saturated heterocycles. The summed E-state index contributed by atoms with van der Waals surface area (Å²) in [6.45, 7) is 0.155. The molecule has 0 bridgehead atoms.